The zero-order valence-electron chi connectivity index (χ0n) is 16.9. The molecule has 160 valence electrons. The summed E-state index contributed by atoms with van der Waals surface area (Å²) in [5, 5.41) is 3.29. The lowest BCUT2D eigenvalue weighted by molar-refractivity contribution is -0.120. The summed E-state index contributed by atoms with van der Waals surface area (Å²) in [6, 6.07) is 5.98. The van der Waals surface area contributed by atoms with Crippen molar-refractivity contribution in [1.29, 1.82) is 0 Å². The van der Waals surface area contributed by atoms with Crippen LogP contribution in [0.25, 0.3) is 0 Å². The van der Waals surface area contributed by atoms with Gasteiger partial charge in [-0.3, -0.25) is 9.59 Å². The Morgan fingerprint density at radius 1 is 1.23 bits per heavy atom. The number of ether oxygens (including phenoxy) is 2. The number of rotatable bonds is 7. The number of primary amides is 1. The normalized spacial score (nSPS) is 17.0. The van der Waals surface area contributed by atoms with Gasteiger partial charge in [-0.25, -0.2) is 4.98 Å². The lowest BCUT2D eigenvalue weighted by Crippen LogP contribution is -2.44. The quantitative estimate of drug-likeness (QED) is 0.633. The maximum Gasteiger partial charge on any atom is 0.231 e. The summed E-state index contributed by atoms with van der Waals surface area (Å²) in [4.78, 5) is 29.3. The lowest BCUT2D eigenvalue weighted by atomic mass is 9.87. The van der Waals surface area contributed by atoms with Crippen molar-refractivity contribution in [3.05, 3.63) is 34.3 Å². The lowest BCUT2D eigenvalue weighted by Gasteiger charge is -2.32. The summed E-state index contributed by atoms with van der Waals surface area (Å²) in [5.41, 5.74) is 6.77. The Morgan fingerprint density at radius 2 is 1.97 bits per heavy atom. The summed E-state index contributed by atoms with van der Waals surface area (Å²) >= 11 is 2.81. The Balaban J connectivity index is 1.43. The van der Waals surface area contributed by atoms with Gasteiger partial charge < -0.3 is 20.5 Å². The first kappa shape index (κ1) is 21.0. The minimum atomic E-state index is -0.376. The third kappa shape index (κ3) is 4.57. The molecule has 2 aromatic rings. The molecule has 0 atom stereocenters. The fourth-order valence-corrected chi connectivity index (χ4v) is 6.06. The van der Waals surface area contributed by atoms with Crippen LogP contribution in [0.2, 0.25) is 0 Å². The molecule has 2 aliphatic rings. The predicted molar refractivity (Wildman–Crippen MR) is 116 cm³/mol. The molecule has 0 spiro atoms. The zero-order chi connectivity index (χ0) is 21.1. The standard InChI is InChI=1S/C21H25N3O4S2/c1-13-17(11-18(22)25)30-20(23-13)29-12-19(26)24-21(6-2-3-7-21)14-4-5-15-16(10-14)28-9-8-27-15/h4-5,10H,2-3,6-9,11-12H2,1H3,(H2,22,25)(H,24,26). The molecule has 0 bridgehead atoms. The number of thiazole rings is 1. The molecule has 1 aromatic heterocycles. The predicted octanol–water partition coefficient (Wildman–Crippen LogP) is 2.93. The maximum atomic E-state index is 12.8. The second-order valence-corrected chi connectivity index (χ2v) is 9.92. The average molecular weight is 448 g/mol. The minimum absolute atomic E-state index is 0.0268. The highest BCUT2D eigenvalue weighted by atomic mass is 32.2. The van der Waals surface area contributed by atoms with Crippen molar-refractivity contribution in [3.8, 4) is 11.5 Å². The van der Waals surface area contributed by atoms with Gasteiger partial charge in [0.15, 0.2) is 15.8 Å². The first-order valence-electron chi connectivity index (χ1n) is 10.0. The van der Waals surface area contributed by atoms with Gasteiger partial charge in [-0.1, -0.05) is 30.7 Å². The van der Waals surface area contributed by atoms with E-state index in [1.54, 1.807) is 0 Å². The van der Waals surface area contributed by atoms with Crippen molar-refractivity contribution in [2.24, 2.45) is 5.73 Å². The highest BCUT2D eigenvalue weighted by Crippen LogP contribution is 2.42. The van der Waals surface area contributed by atoms with E-state index in [4.69, 9.17) is 15.2 Å². The molecule has 1 aliphatic carbocycles. The fraction of sp³-hybridized carbons (Fsp3) is 0.476. The number of thioether (sulfide) groups is 1. The molecule has 1 aliphatic heterocycles. The topological polar surface area (TPSA) is 104 Å². The van der Waals surface area contributed by atoms with E-state index in [1.165, 1.54) is 23.1 Å². The van der Waals surface area contributed by atoms with Crippen molar-refractivity contribution in [1.82, 2.24) is 10.3 Å². The summed E-state index contributed by atoms with van der Waals surface area (Å²) in [5.74, 6) is 1.37. The number of aryl methyl sites for hydroxylation is 1. The Kier molecular flexibility index (Phi) is 6.19. The summed E-state index contributed by atoms with van der Waals surface area (Å²) in [6.45, 7) is 2.95. The van der Waals surface area contributed by atoms with Crippen LogP contribution in [-0.2, 0) is 21.5 Å². The number of nitrogens with zero attached hydrogens (tertiary/aromatic N) is 1. The number of hydrogen-bond donors (Lipinski definition) is 2. The molecule has 2 amide bonds. The van der Waals surface area contributed by atoms with Gasteiger partial charge in [0.25, 0.3) is 0 Å². The SMILES string of the molecule is Cc1nc(SCC(=O)NC2(c3ccc4c(c3)OCCO4)CCCC2)sc1CC(N)=O. The molecule has 0 radical (unpaired) electrons. The van der Waals surface area contributed by atoms with Crippen LogP contribution in [0.3, 0.4) is 0 Å². The Morgan fingerprint density at radius 3 is 2.70 bits per heavy atom. The van der Waals surface area contributed by atoms with Crippen LogP contribution >= 0.6 is 23.1 Å². The van der Waals surface area contributed by atoms with Crippen LogP contribution < -0.4 is 20.5 Å². The Bertz CT molecular complexity index is 954. The van der Waals surface area contributed by atoms with Gasteiger partial charge in [-0.05, 0) is 37.5 Å². The van der Waals surface area contributed by atoms with E-state index in [1.807, 2.05) is 25.1 Å². The van der Waals surface area contributed by atoms with Gasteiger partial charge >= 0.3 is 0 Å². The molecule has 1 saturated carbocycles. The molecule has 1 fully saturated rings. The third-order valence-corrected chi connectivity index (χ3v) is 7.77. The second-order valence-electron chi connectivity index (χ2n) is 7.62. The van der Waals surface area contributed by atoms with Gasteiger partial charge in [0.2, 0.25) is 11.8 Å². The number of benzene rings is 1. The largest absolute Gasteiger partial charge is 0.486 e. The summed E-state index contributed by atoms with van der Waals surface area (Å²) in [7, 11) is 0. The first-order valence-corrected chi connectivity index (χ1v) is 11.8. The monoisotopic (exact) mass is 447 g/mol. The molecular formula is C21H25N3O4S2. The van der Waals surface area contributed by atoms with E-state index in [0.717, 1.165) is 57.7 Å². The number of amides is 2. The molecule has 0 unspecified atom stereocenters. The molecule has 9 heteroatoms. The number of hydrogen-bond acceptors (Lipinski definition) is 7. The van der Waals surface area contributed by atoms with Crippen LogP contribution in [0.15, 0.2) is 22.5 Å². The molecule has 0 saturated heterocycles. The van der Waals surface area contributed by atoms with Gasteiger partial charge in [0.05, 0.1) is 23.4 Å². The van der Waals surface area contributed by atoms with Crippen molar-refractivity contribution >= 4 is 34.9 Å². The van der Waals surface area contributed by atoms with Gasteiger partial charge in [0.1, 0.15) is 13.2 Å². The minimum Gasteiger partial charge on any atom is -0.486 e. The van der Waals surface area contributed by atoms with E-state index in [0.29, 0.717) is 13.2 Å². The summed E-state index contributed by atoms with van der Waals surface area (Å²) < 4.78 is 12.1. The molecule has 4 rings (SSSR count). The number of carbonyl (C=O) groups excluding carboxylic acids is 2. The third-order valence-electron chi connectivity index (χ3n) is 5.47. The number of aromatic nitrogens is 1. The number of nitrogens with one attached hydrogen (secondary N) is 1. The van der Waals surface area contributed by atoms with Gasteiger partial charge in [0, 0.05) is 4.88 Å². The van der Waals surface area contributed by atoms with Crippen molar-refractivity contribution < 1.29 is 19.1 Å². The van der Waals surface area contributed by atoms with Gasteiger partial charge in [-0.2, -0.15) is 0 Å². The van der Waals surface area contributed by atoms with Crippen LogP contribution in [0, 0.1) is 6.92 Å². The second kappa shape index (κ2) is 8.85. The van der Waals surface area contributed by atoms with Gasteiger partial charge in [-0.15, -0.1) is 11.3 Å². The van der Waals surface area contributed by atoms with Crippen LogP contribution in [-0.4, -0.2) is 35.8 Å². The molecule has 30 heavy (non-hydrogen) atoms. The molecule has 7 nitrogen and oxygen atoms in total. The highest BCUT2D eigenvalue weighted by Gasteiger charge is 2.37. The van der Waals surface area contributed by atoms with Crippen LogP contribution in [0.4, 0.5) is 0 Å². The van der Waals surface area contributed by atoms with E-state index < -0.39 is 0 Å². The Labute approximate surface area is 183 Å². The first-order chi connectivity index (χ1) is 14.4. The maximum absolute atomic E-state index is 12.8. The van der Waals surface area contributed by atoms with E-state index in [9.17, 15) is 9.59 Å². The number of fused-ring (bicyclic) bond motifs is 1. The van der Waals surface area contributed by atoms with Crippen molar-refractivity contribution in [2.45, 2.75) is 48.9 Å². The molecule has 3 N–H and O–H groups in total. The van der Waals surface area contributed by atoms with Crippen LogP contribution in [0.1, 0.15) is 41.8 Å². The van der Waals surface area contributed by atoms with Crippen LogP contribution in [0.5, 0.6) is 11.5 Å². The molecule has 2 heterocycles. The zero-order valence-corrected chi connectivity index (χ0v) is 18.5. The average Bonchev–Trinajstić information content (AvgIpc) is 3.33. The van der Waals surface area contributed by atoms with E-state index in [-0.39, 0.29) is 29.5 Å². The smallest absolute Gasteiger partial charge is 0.231 e. The highest BCUT2D eigenvalue weighted by molar-refractivity contribution is 8.01. The Hall–Kier alpha value is -2.26. The van der Waals surface area contributed by atoms with Crippen molar-refractivity contribution in [3.63, 3.8) is 0 Å². The fourth-order valence-electron chi connectivity index (χ4n) is 4.02. The van der Waals surface area contributed by atoms with E-state index in [2.05, 4.69) is 10.3 Å². The molecular weight excluding hydrogens is 422 g/mol. The van der Waals surface area contributed by atoms with Crippen molar-refractivity contribution in [2.75, 3.05) is 19.0 Å². The van der Waals surface area contributed by atoms with E-state index >= 15 is 0 Å². The summed E-state index contributed by atoms with van der Waals surface area (Å²) in [6.07, 6.45) is 4.14. The number of nitrogens with two attached hydrogens (primary N) is 1. The number of carbonyl (C=O) groups is 2. The molecule has 1 aromatic carbocycles.